The summed E-state index contributed by atoms with van der Waals surface area (Å²) in [6.07, 6.45) is 1.28. The molecule has 10 heteroatoms. The molecule has 2 atom stereocenters. The SMILES string of the molecule is CC[C@@H](C)NC(=O)[C@@H](CC)N(Cc1cccc(OC)c1)C(=O)CCCN1C(=O)c2ccccc2S1(=O)=O. The van der Waals surface area contributed by atoms with Gasteiger partial charge in [-0.05, 0) is 56.0 Å². The zero-order valence-corrected chi connectivity index (χ0v) is 22.6. The van der Waals surface area contributed by atoms with Crippen LogP contribution in [0, 0.1) is 0 Å². The fraction of sp³-hybridized carbons (Fsp3) is 0.444. The summed E-state index contributed by atoms with van der Waals surface area (Å²) in [5.74, 6) is -0.480. The predicted octanol–water partition coefficient (Wildman–Crippen LogP) is 3.34. The highest BCUT2D eigenvalue weighted by Gasteiger charge is 2.40. The Morgan fingerprint density at radius 1 is 1.08 bits per heavy atom. The summed E-state index contributed by atoms with van der Waals surface area (Å²) in [5, 5.41) is 2.96. The molecule has 1 aliphatic rings. The number of sulfonamides is 1. The lowest BCUT2D eigenvalue weighted by Crippen LogP contribution is -2.50. The molecular formula is C27H35N3O6S. The van der Waals surface area contributed by atoms with Crippen LogP contribution in [0.1, 0.15) is 62.4 Å². The first-order valence-corrected chi connectivity index (χ1v) is 14.0. The van der Waals surface area contributed by atoms with Crippen molar-refractivity contribution in [2.24, 2.45) is 0 Å². The Kier molecular flexibility index (Phi) is 9.31. The van der Waals surface area contributed by atoms with Crippen molar-refractivity contribution in [1.29, 1.82) is 0 Å². The largest absolute Gasteiger partial charge is 0.497 e. The van der Waals surface area contributed by atoms with Crippen molar-refractivity contribution in [3.63, 3.8) is 0 Å². The normalized spacial score (nSPS) is 15.6. The molecule has 0 aromatic heterocycles. The van der Waals surface area contributed by atoms with Gasteiger partial charge >= 0.3 is 0 Å². The highest BCUT2D eigenvalue weighted by Crippen LogP contribution is 2.30. The van der Waals surface area contributed by atoms with E-state index in [1.54, 1.807) is 25.3 Å². The van der Waals surface area contributed by atoms with Gasteiger partial charge in [0.1, 0.15) is 16.7 Å². The summed E-state index contributed by atoms with van der Waals surface area (Å²) in [5.41, 5.74) is 0.941. The molecular weight excluding hydrogens is 494 g/mol. The summed E-state index contributed by atoms with van der Waals surface area (Å²) in [4.78, 5) is 40.7. The van der Waals surface area contributed by atoms with Crippen LogP contribution >= 0.6 is 0 Å². The minimum absolute atomic E-state index is 0.0151. The third-order valence-electron chi connectivity index (χ3n) is 6.54. The van der Waals surface area contributed by atoms with Gasteiger partial charge in [-0.1, -0.05) is 38.1 Å². The molecule has 0 saturated carbocycles. The molecule has 0 fully saturated rings. The van der Waals surface area contributed by atoms with Gasteiger partial charge < -0.3 is 15.0 Å². The molecule has 0 saturated heterocycles. The monoisotopic (exact) mass is 529 g/mol. The van der Waals surface area contributed by atoms with Crippen molar-refractivity contribution in [2.75, 3.05) is 13.7 Å². The van der Waals surface area contributed by atoms with Gasteiger partial charge in [-0.3, -0.25) is 14.4 Å². The second-order valence-electron chi connectivity index (χ2n) is 9.10. The molecule has 1 heterocycles. The first-order chi connectivity index (χ1) is 17.6. The predicted molar refractivity (Wildman–Crippen MR) is 139 cm³/mol. The number of nitrogens with zero attached hydrogens (tertiary/aromatic N) is 2. The molecule has 1 aliphatic heterocycles. The van der Waals surface area contributed by atoms with Crippen LogP contribution in [0.3, 0.4) is 0 Å². The van der Waals surface area contributed by atoms with Crippen molar-refractivity contribution < 1.29 is 27.5 Å². The molecule has 9 nitrogen and oxygen atoms in total. The van der Waals surface area contributed by atoms with E-state index >= 15 is 0 Å². The Morgan fingerprint density at radius 3 is 2.46 bits per heavy atom. The standard InChI is InChI=1S/C27H35N3O6S/c1-5-19(3)28-26(32)23(6-2)29(18-20-11-9-12-21(17-20)36-4)25(31)15-10-16-30-27(33)22-13-7-8-14-24(22)37(30,34)35/h7-9,11-14,17,19,23H,5-6,10,15-16,18H2,1-4H3,(H,28,32)/t19-,23-/m1/s1. The molecule has 3 rings (SSSR count). The molecule has 0 aliphatic carbocycles. The maximum absolute atomic E-state index is 13.5. The Labute approximate surface area is 218 Å². The van der Waals surface area contributed by atoms with Gasteiger partial charge in [0.05, 0.1) is 12.7 Å². The van der Waals surface area contributed by atoms with E-state index in [1.807, 2.05) is 39.0 Å². The van der Waals surface area contributed by atoms with Crippen LogP contribution in [-0.4, -0.2) is 61.1 Å². The number of carbonyl (C=O) groups excluding carboxylic acids is 3. The van der Waals surface area contributed by atoms with E-state index < -0.39 is 22.0 Å². The Balaban J connectivity index is 1.76. The number of hydrogen-bond donors (Lipinski definition) is 1. The molecule has 0 unspecified atom stereocenters. The van der Waals surface area contributed by atoms with E-state index in [9.17, 15) is 22.8 Å². The molecule has 3 amide bonds. The summed E-state index contributed by atoms with van der Waals surface area (Å²) in [6.45, 7) is 5.79. The van der Waals surface area contributed by atoms with Crippen LogP contribution in [-0.2, 0) is 26.2 Å². The van der Waals surface area contributed by atoms with Gasteiger partial charge in [-0.2, -0.15) is 0 Å². The van der Waals surface area contributed by atoms with E-state index in [0.717, 1.165) is 16.3 Å². The van der Waals surface area contributed by atoms with Crippen molar-refractivity contribution in [3.05, 3.63) is 59.7 Å². The van der Waals surface area contributed by atoms with Gasteiger partial charge in [0.15, 0.2) is 0 Å². The highest BCUT2D eigenvalue weighted by atomic mass is 32.2. The molecule has 0 radical (unpaired) electrons. The first kappa shape index (κ1) is 28.2. The third-order valence-corrected chi connectivity index (χ3v) is 8.38. The molecule has 1 N–H and O–H groups in total. The number of hydrogen-bond acceptors (Lipinski definition) is 6. The van der Waals surface area contributed by atoms with Crippen LogP contribution < -0.4 is 10.1 Å². The summed E-state index contributed by atoms with van der Waals surface area (Å²) in [6, 6.07) is 12.6. The molecule has 37 heavy (non-hydrogen) atoms. The summed E-state index contributed by atoms with van der Waals surface area (Å²) >= 11 is 0. The number of ether oxygens (including phenoxy) is 1. The van der Waals surface area contributed by atoms with Crippen molar-refractivity contribution in [1.82, 2.24) is 14.5 Å². The van der Waals surface area contributed by atoms with Crippen molar-refractivity contribution >= 4 is 27.7 Å². The molecule has 0 bridgehead atoms. The van der Waals surface area contributed by atoms with Crippen molar-refractivity contribution in [2.45, 2.75) is 70.0 Å². The number of benzene rings is 2. The number of fused-ring (bicyclic) bond motifs is 1. The average molecular weight is 530 g/mol. The Hall–Kier alpha value is -3.40. The van der Waals surface area contributed by atoms with Crippen LogP contribution in [0.5, 0.6) is 5.75 Å². The number of methoxy groups -OCH3 is 1. The fourth-order valence-electron chi connectivity index (χ4n) is 4.30. The number of carbonyl (C=O) groups is 3. The van der Waals surface area contributed by atoms with E-state index in [-0.39, 0.29) is 54.2 Å². The fourth-order valence-corrected chi connectivity index (χ4v) is 5.91. The zero-order valence-electron chi connectivity index (χ0n) is 21.8. The maximum atomic E-state index is 13.5. The summed E-state index contributed by atoms with van der Waals surface area (Å²) in [7, 11) is -2.38. The van der Waals surface area contributed by atoms with E-state index in [1.165, 1.54) is 17.0 Å². The minimum Gasteiger partial charge on any atom is -0.497 e. The first-order valence-electron chi connectivity index (χ1n) is 12.5. The van der Waals surface area contributed by atoms with Gasteiger partial charge in [-0.15, -0.1) is 0 Å². The topological polar surface area (TPSA) is 113 Å². The molecule has 2 aromatic carbocycles. The molecule has 200 valence electrons. The number of amides is 3. The Morgan fingerprint density at radius 2 is 1.81 bits per heavy atom. The van der Waals surface area contributed by atoms with E-state index in [4.69, 9.17) is 4.74 Å². The lowest BCUT2D eigenvalue weighted by molar-refractivity contribution is -0.141. The van der Waals surface area contributed by atoms with E-state index in [0.29, 0.717) is 12.2 Å². The van der Waals surface area contributed by atoms with Gasteiger partial charge in [-0.25, -0.2) is 12.7 Å². The zero-order chi connectivity index (χ0) is 27.2. The van der Waals surface area contributed by atoms with E-state index in [2.05, 4.69) is 5.32 Å². The maximum Gasteiger partial charge on any atom is 0.269 e. The summed E-state index contributed by atoms with van der Waals surface area (Å²) < 4.78 is 31.8. The van der Waals surface area contributed by atoms with Crippen LogP contribution in [0.15, 0.2) is 53.4 Å². The number of rotatable bonds is 12. The van der Waals surface area contributed by atoms with Gasteiger partial charge in [0.25, 0.3) is 15.9 Å². The minimum atomic E-state index is -3.94. The third kappa shape index (κ3) is 6.30. The lowest BCUT2D eigenvalue weighted by Gasteiger charge is -2.31. The Bertz CT molecular complexity index is 1250. The second kappa shape index (κ2) is 12.2. The van der Waals surface area contributed by atoms with Crippen molar-refractivity contribution in [3.8, 4) is 5.75 Å². The number of nitrogens with one attached hydrogen (secondary N) is 1. The highest BCUT2D eigenvalue weighted by molar-refractivity contribution is 7.90. The van der Waals surface area contributed by atoms with Crippen LogP contribution in [0.2, 0.25) is 0 Å². The quantitative estimate of drug-likeness (QED) is 0.451. The molecule has 0 spiro atoms. The smallest absolute Gasteiger partial charge is 0.269 e. The molecule has 2 aromatic rings. The lowest BCUT2D eigenvalue weighted by atomic mass is 10.1. The second-order valence-corrected chi connectivity index (χ2v) is 10.9. The van der Waals surface area contributed by atoms with Gasteiger partial charge in [0.2, 0.25) is 11.8 Å². The van der Waals surface area contributed by atoms with Gasteiger partial charge in [0, 0.05) is 25.6 Å². The van der Waals surface area contributed by atoms with Crippen LogP contribution in [0.25, 0.3) is 0 Å². The van der Waals surface area contributed by atoms with Crippen LogP contribution in [0.4, 0.5) is 0 Å². The average Bonchev–Trinajstić information content (AvgIpc) is 3.09.